The Morgan fingerprint density at radius 3 is 2.04 bits per heavy atom. The van der Waals surface area contributed by atoms with Gasteiger partial charge >= 0.3 is 0 Å². The number of aromatic amines is 2. The first-order chi connectivity index (χ1) is 23.7. The van der Waals surface area contributed by atoms with Crippen LogP contribution >= 0.6 is 28.6 Å². The molecule has 2 fully saturated rings. The van der Waals surface area contributed by atoms with Crippen LogP contribution in [-0.2, 0) is 20.2 Å². The molecule has 5 N–H and O–H groups in total. The van der Waals surface area contributed by atoms with Crippen molar-refractivity contribution >= 4 is 70.6 Å². The zero-order chi connectivity index (χ0) is 36.5. The lowest BCUT2D eigenvalue weighted by atomic mass is 9.90. The van der Waals surface area contributed by atoms with Crippen molar-refractivity contribution in [1.82, 2.24) is 20.2 Å². The van der Waals surface area contributed by atoms with Crippen LogP contribution in [0.3, 0.4) is 0 Å². The van der Waals surface area contributed by atoms with Crippen LogP contribution in [0.5, 0.6) is 0 Å². The highest BCUT2D eigenvalue weighted by atomic mass is 79.9. The Morgan fingerprint density at radius 2 is 1.47 bits per heavy atom. The molecule has 0 saturated carbocycles. The number of nitrogens with one attached hydrogen (secondary N) is 3. The molecule has 0 radical (unpaired) electrons. The molecule has 2 aromatic heterocycles. The number of halogens is 3. The number of aromatic nitrogens is 2. The second-order valence-electron chi connectivity index (χ2n) is 12.7. The van der Waals surface area contributed by atoms with E-state index in [-0.39, 0.29) is 21.9 Å². The van der Waals surface area contributed by atoms with Gasteiger partial charge in [0.05, 0.1) is 4.90 Å². The van der Waals surface area contributed by atoms with Gasteiger partial charge in [0.25, 0.3) is 20.2 Å². The molecule has 0 atom stereocenters. The first-order valence-corrected chi connectivity index (χ1v) is 19.9. The smallest absolute Gasteiger partial charge is 0.294 e. The fourth-order valence-corrected chi connectivity index (χ4v) is 6.90. The number of H-pyrrole nitrogens is 2. The van der Waals surface area contributed by atoms with E-state index in [0.717, 1.165) is 40.5 Å². The highest BCUT2D eigenvalue weighted by Gasteiger charge is 2.21. The number of alkyl halides is 1. The highest BCUT2D eigenvalue weighted by molar-refractivity contribution is 8.93. The summed E-state index contributed by atoms with van der Waals surface area (Å²) in [6, 6.07) is 19.1. The Balaban J connectivity index is 0.000000193. The van der Waals surface area contributed by atoms with Crippen molar-refractivity contribution in [3.63, 3.8) is 0 Å². The molecule has 2 aliphatic heterocycles. The molecule has 0 spiro atoms. The van der Waals surface area contributed by atoms with Crippen LogP contribution in [0.4, 0.5) is 4.39 Å². The monoisotopic (exact) mass is 828 g/mol. The molecule has 15 heteroatoms. The van der Waals surface area contributed by atoms with Gasteiger partial charge in [0.2, 0.25) is 6.01 Å². The maximum atomic E-state index is 10.7. The van der Waals surface area contributed by atoms with Crippen LogP contribution in [0.15, 0.2) is 77.8 Å². The van der Waals surface area contributed by atoms with Gasteiger partial charge in [-0.15, -0.1) is 17.0 Å². The number of aryl methyl sites for hydroxylation is 2. The van der Waals surface area contributed by atoms with Crippen LogP contribution in [0.25, 0.3) is 21.8 Å². The average Bonchev–Trinajstić information content (AvgIpc) is 3.73. The summed E-state index contributed by atoms with van der Waals surface area (Å²) in [7, 11) is -6.16. The number of para-hydroxylation sites is 1. The molecule has 51 heavy (non-hydrogen) atoms. The Morgan fingerprint density at radius 1 is 0.863 bits per heavy atom. The van der Waals surface area contributed by atoms with E-state index in [2.05, 4.69) is 70.7 Å². The predicted octanol–water partition coefficient (Wildman–Crippen LogP) is 8.19. The summed E-state index contributed by atoms with van der Waals surface area (Å²) >= 11 is 6.20. The lowest BCUT2D eigenvalue weighted by molar-refractivity contribution is 0.254. The molecular formula is C36H47BrClFN4O6S2. The summed E-state index contributed by atoms with van der Waals surface area (Å²) < 4.78 is 66.0. The largest absolute Gasteiger partial charge is 0.361 e. The van der Waals surface area contributed by atoms with Crippen molar-refractivity contribution < 1.29 is 30.3 Å². The minimum absolute atomic E-state index is 0. The quantitative estimate of drug-likeness (QED) is 0.114. The summed E-state index contributed by atoms with van der Waals surface area (Å²) in [4.78, 5) is 9.28. The van der Waals surface area contributed by atoms with Crippen molar-refractivity contribution in [2.75, 3.05) is 39.2 Å². The van der Waals surface area contributed by atoms with Crippen LogP contribution in [0, 0.1) is 13.8 Å². The summed E-state index contributed by atoms with van der Waals surface area (Å²) in [5.41, 5.74) is 7.64. The number of benzene rings is 3. The maximum Gasteiger partial charge on any atom is 0.294 e. The van der Waals surface area contributed by atoms with Crippen molar-refractivity contribution in [2.45, 2.75) is 56.3 Å². The fourth-order valence-electron chi connectivity index (χ4n) is 6.19. The van der Waals surface area contributed by atoms with Gasteiger partial charge in [-0.2, -0.15) is 16.8 Å². The van der Waals surface area contributed by atoms with Gasteiger partial charge in [-0.25, -0.2) is 4.39 Å². The topological polar surface area (TPSA) is 156 Å². The third kappa shape index (κ3) is 12.7. The molecule has 2 saturated heterocycles. The third-order valence-corrected chi connectivity index (χ3v) is 10.5. The first-order valence-electron chi connectivity index (χ1n) is 16.4. The zero-order valence-electron chi connectivity index (χ0n) is 28.9. The Bertz CT molecular complexity index is 2060. The van der Waals surface area contributed by atoms with Crippen LogP contribution < -0.4 is 5.32 Å². The molecule has 10 nitrogen and oxygen atoms in total. The minimum atomic E-state index is -4.33. The molecule has 4 heterocycles. The molecule has 0 aliphatic carbocycles. The number of hydrogen-bond acceptors (Lipinski definition) is 6. The SMILES string of the molecule is Br.CN1CCC(c2cc3c(Cl)cccc3[nH]2)CC1.Cc1ccc(S(=O)(=O)O)cc1.Cc1cccc2c(C3CCNCC3)c[nH]c12.O=S(=O)(O)CF. The van der Waals surface area contributed by atoms with Crippen LogP contribution in [0.2, 0.25) is 5.02 Å². The van der Waals surface area contributed by atoms with Gasteiger partial charge in [0.15, 0.2) is 0 Å². The van der Waals surface area contributed by atoms with Crippen molar-refractivity contribution in [2.24, 2.45) is 0 Å². The van der Waals surface area contributed by atoms with Gasteiger partial charge in [-0.3, -0.25) is 9.11 Å². The summed E-state index contributed by atoms with van der Waals surface area (Å²) in [6.45, 7) is 8.70. The van der Waals surface area contributed by atoms with Gasteiger partial charge in [-0.1, -0.05) is 53.6 Å². The van der Waals surface area contributed by atoms with E-state index in [1.54, 1.807) is 12.1 Å². The second kappa shape index (κ2) is 19.3. The van der Waals surface area contributed by atoms with Crippen molar-refractivity contribution in [1.29, 1.82) is 0 Å². The third-order valence-electron chi connectivity index (χ3n) is 8.98. The van der Waals surface area contributed by atoms with Gasteiger partial charge < -0.3 is 20.2 Å². The standard InChI is InChI=1S/C14H17ClN2.C14H18N2.C7H8O3S.CH3FO3S.BrH/c1-17-7-5-10(6-8-17)14-9-11-12(15)3-2-4-13(11)16-14;1-10-3-2-4-12-13(9-16-14(10)12)11-5-7-15-8-6-11;1-6-2-4-7(5-3-6)11(8,9)10;2-1-6(3,4)5;/h2-4,9-10,16H,5-8H2,1H3;2-4,9,11,15-16H,5-8H2,1H3;2-5H,1H3,(H,8,9,10);1H2,(H,3,4,5);1H. The summed E-state index contributed by atoms with van der Waals surface area (Å²) in [6.07, 6.45) is 7.22. The van der Waals surface area contributed by atoms with E-state index in [1.165, 1.54) is 78.6 Å². The van der Waals surface area contributed by atoms with Crippen LogP contribution in [0.1, 0.15) is 59.9 Å². The highest BCUT2D eigenvalue weighted by Crippen LogP contribution is 2.33. The van der Waals surface area contributed by atoms with E-state index >= 15 is 0 Å². The molecule has 2 aliphatic rings. The van der Waals surface area contributed by atoms with E-state index < -0.39 is 26.2 Å². The molecule has 0 unspecified atom stereocenters. The van der Waals surface area contributed by atoms with E-state index in [9.17, 15) is 21.2 Å². The number of fused-ring (bicyclic) bond motifs is 2. The Hall–Kier alpha value is -2.82. The summed E-state index contributed by atoms with van der Waals surface area (Å²) in [5.74, 6) is 1.39. The summed E-state index contributed by atoms with van der Waals surface area (Å²) in [5, 5.41) is 6.85. The molecule has 5 aromatic rings. The molecule has 7 rings (SSSR count). The molecule has 0 amide bonds. The molecule has 3 aromatic carbocycles. The molecule has 280 valence electrons. The van der Waals surface area contributed by atoms with Gasteiger partial charge in [-0.05, 0) is 120 Å². The van der Waals surface area contributed by atoms with Crippen LogP contribution in [-0.4, -0.2) is 80.0 Å². The number of piperidine rings is 2. The Labute approximate surface area is 315 Å². The lowest BCUT2D eigenvalue weighted by Crippen LogP contribution is -2.29. The fraction of sp³-hybridized carbons (Fsp3) is 0.389. The van der Waals surface area contributed by atoms with Crippen molar-refractivity contribution in [3.8, 4) is 0 Å². The number of nitrogens with zero attached hydrogens (tertiary/aromatic N) is 1. The first kappa shape index (κ1) is 42.6. The molecular weight excluding hydrogens is 783 g/mol. The molecule has 0 bridgehead atoms. The van der Waals surface area contributed by atoms with E-state index in [1.807, 2.05) is 19.1 Å². The minimum Gasteiger partial charge on any atom is -0.361 e. The lowest BCUT2D eigenvalue weighted by Gasteiger charge is -2.28. The average molecular weight is 830 g/mol. The number of likely N-dealkylation sites (tertiary alicyclic amines) is 1. The van der Waals surface area contributed by atoms with Gasteiger partial charge in [0.1, 0.15) is 0 Å². The second-order valence-corrected chi connectivity index (χ2v) is 16.0. The Kier molecular flexibility index (Phi) is 16.1. The predicted molar refractivity (Wildman–Crippen MR) is 210 cm³/mol. The zero-order valence-corrected chi connectivity index (χ0v) is 33.0. The normalized spacial score (nSPS) is 15.8. The number of hydrogen-bond donors (Lipinski definition) is 5. The van der Waals surface area contributed by atoms with Crippen molar-refractivity contribution in [3.05, 3.63) is 100 Å². The van der Waals surface area contributed by atoms with E-state index in [4.69, 9.17) is 20.7 Å². The van der Waals surface area contributed by atoms with E-state index in [0.29, 0.717) is 5.92 Å². The van der Waals surface area contributed by atoms with Gasteiger partial charge in [0, 0.05) is 44.6 Å². The number of rotatable bonds is 4. The maximum absolute atomic E-state index is 10.7.